The Labute approximate surface area is 118 Å². The van der Waals surface area contributed by atoms with Crippen LogP contribution in [0.15, 0.2) is 18.2 Å². The van der Waals surface area contributed by atoms with Gasteiger partial charge < -0.3 is 10.5 Å². The van der Waals surface area contributed by atoms with Gasteiger partial charge in [-0.1, -0.05) is 0 Å². The average Bonchev–Trinajstić information content (AvgIpc) is 2.70. The lowest BCUT2D eigenvalue weighted by Gasteiger charge is -2.16. The molecule has 0 aliphatic heterocycles. The summed E-state index contributed by atoms with van der Waals surface area (Å²) in [5.74, 6) is 0.250. The molecule has 0 spiro atoms. The molecule has 108 valence electrons. The van der Waals surface area contributed by atoms with Crippen LogP contribution in [0.4, 0.5) is 0 Å². The van der Waals surface area contributed by atoms with Crippen LogP contribution in [-0.2, 0) is 11.2 Å². The Balaban J connectivity index is 2.25. The van der Waals surface area contributed by atoms with Gasteiger partial charge in [-0.3, -0.25) is 9.89 Å². The molecule has 1 atom stereocenters. The van der Waals surface area contributed by atoms with Crippen LogP contribution in [0.5, 0.6) is 5.75 Å². The van der Waals surface area contributed by atoms with E-state index in [0.29, 0.717) is 5.75 Å². The fourth-order valence-corrected chi connectivity index (χ4v) is 1.85. The summed E-state index contributed by atoms with van der Waals surface area (Å²) >= 11 is 0. The normalized spacial score (nSPS) is 13.4. The first-order chi connectivity index (χ1) is 9.27. The van der Waals surface area contributed by atoms with Crippen molar-refractivity contribution < 1.29 is 9.53 Å². The molecule has 0 radical (unpaired) electrons. The van der Waals surface area contributed by atoms with Crippen molar-refractivity contribution >= 4 is 16.9 Å². The highest BCUT2D eigenvalue weighted by Crippen LogP contribution is 2.24. The zero-order chi connectivity index (χ0) is 14.9. The minimum absolute atomic E-state index is 0.0667. The van der Waals surface area contributed by atoms with E-state index in [1.807, 2.05) is 33.8 Å². The number of hydrogen-bond donors (Lipinski definition) is 2. The molecular formula is C15H21N3O2. The Bertz CT molecular complexity index is 624. The van der Waals surface area contributed by atoms with E-state index in [4.69, 9.17) is 10.5 Å². The van der Waals surface area contributed by atoms with Crippen LogP contribution in [0, 0.1) is 5.41 Å². The molecule has 1 aromatic carbocycles. The van der Waals surface area contributed by atoms with Crippen molar-refractivity contribution in [2.45, 2.75) is 40.2 Å². The highest BCUT2D eigenvalue weighted by Gasteiger charge is 2.23. The van der Waals surface area contributed by atoms with Gasteiger partial charge in [-0.15, -0.1) is 0 Å². The van der Waals surface area contributed by atoms with E-state index in [9.17, 15) is 4.79 Å². The van der Waals surface area contributed by atoms with Crippen LogP contribution >= 0.6 is 0 Å². The minimum Gasteiger partial charge on any atom is -0.426 e. The minimum atomic E-state index is -0.527. The zero-order valence-electron chi connectivity index (χ0n) is 12.4. The van der Waals surface area contributed by atoms with Gasteiger partial charge in [0.1, 0.15) is 5.75 Å². The molecule has 1 aromatic heterocycles. The van der Waals surface area contributed by atoms with Crippen molar-refractivity contribution in [3.05, 3.63) is 23.9 Å². The number of aromatic amines is 1. The molecule has 5 heteroatoms. The van der Waals surface area contributed by atoms with Crippen molar-refractivity contribution in [3.63, 3.8) is 0 Å². The monoisotopic (exact) mass is 275 g/mol. The van der Waals surface area contributed by atoms with Gasteiger partial charge in [-0.05, 0) is 39.8 Å². The average molecular weight is 275 g/mol. The van der Waals surface area contributed by atoms with Gasteiger partial charge in [0, 0.05) is 29.6 Å². The first kappa shape index (κ1) is 14.5. The molecule has 0 bridgehead atoms. The van der Waals surface area contributed by atoms with Gasteiger partial charge in [0.25, 0.3) is 0 Å². The number of carbonyl (C=O) groups excluding carboxylic acids is 1. The molecule has 0 fully saturated rings. The van der Waals surface area contributed by atoms with Gasteiger partial charge in [0.2, 0.25) is 0 Å². The van der Waals surface area contributed by atoms with Crippen molar-refractivity contribution in [1.82, 2.24) is 10.2 Å². The number of nitrogens with zero attached hydrogens (tertiary/aromatic N) is 1. The van der Waals surface area contributed by atoms with Crippen LogP contribution in [0.3, 0.4) is 0 Å². The molecule has 0 aliphatic rings. The van der Waals surface area contributed by atoms with Gasteiger partial charge >= 0.3 is 5.97 Å². The standard InChI is InChI=1S/C15H21N3O2/c1-9(16)7-12-11-6-5-10(8-13(11)18-17-12)20-14(19)15(2,3)4/h5-6,8-9H,7,16H2,1-4H3,(H,17,18). The molecule has 1 heterocycles. The SMILES string of the molecule is CC(N)Cc1[nH]nc2cc(OC(=O)C(C)(C)C)ccc12. The quantitative estimate of drug-likeness (QED) is 0.665. The van der Waals surface area contributed by atoms with E-state index in [0.717, 1.165) is 23.0 Å². The maximum absolute atomic E-state index is 11.9. The van der Waals surface area contributed by atoms with E-state index in [-0.39, 0.29) is 12.0 Å². The molecule has 0 amide bonds. The van der Waals surface area contributed by atoms with Crippen molar-refractivity contribution in [3.8, 4) is 5.75 Å². The number of nitrogens with one attached hydrogen (secondary N) is 1. The number of fused-ring (bicyclic) bond motifs is 1. The molecule has 2 rings (SSSR count). The molecule has 0 aliphatic carbocycles. The zero-order valence-corrected chi connectivity index (χ0v) is 12.4. The van der Waals surface area contributed by atoms with Gasteiger partial charge in [-0.2, -0.15) is 5.10 Å². The highest BCUT2D eigenvalue weighted by molar-refractivity contribution is 5.84. The third-order valence-corrected chi connectivity index (χ3v) is 2.95. The van der Waals surface area contributed by atoms with E-state index < -0.39 is 5.41 Å². The van der Waals surface area contributed by atoms with Gasteiger partial charge in [-0.25, -0.2) is 0 Å². The predicted molar refractivity (Wildman–Crippen MR) is 78.5 cm³/mol. The van der Waals surface area contributed by atoms with Gasteiger partial charge in [0.05, 0.1) is 10.9 Å². The molecule has 5 nitrogen and oxygen atoms in total. The molecule has 20 heavy (non-hydrogen) atoms. The largest absolute Gasteiger partial charge is 0.426 e. The smallest absolute Gasteiger partial charge is 0.316 e. The number of aromatic nitrogens is 2. The van der Waals surface area contributed by atoms with Crippen molar-refractivity contribution in [2.24, 2.45) is 11.1 Å². The molecule has 1 unspecified atom stereocenters. The second-order valence-corrected chi connectivity index (χ2v) is 6.20. The van der Waals surface area contributed by atoms with Crippen LogP contribution < -0.4 is 10.5 Å². The lowest BCUT2D eigenvalue weighted by Crippen LogP contribution is -2.25. The summed E-state index contributed by atoms with van der Waals surface area (Å²) in [5, 5.41) is 8.23. The first-order valence-corrected chi connectivity index (χ1v) is 6.72. The van der Waals surface area contributed by atoms with Crippen LogP contribution in [0.1, 0.15) is 33.4 Å². The fraction of sp³-hybridized carbons (Fsp3) is 0.467. The highest BCUT2D eigenvalue weighted by atomic mass is 16.5. The molecule has 3 N–H and O–H groups in total. The Morgan fingerprint density at radius 3 is 2.75 bits per heavy atom. The lowest BCUT2D eigenvalue weighted by molar-refractivity contribution is -0.142. The van der Waals surface area contributed by atoms with Crippen LogP contribution in [0.2, 0.25) is 0 Å². The molecule has 0 saturated heterocycles. The number of carbonyl (C=O) groups is 1. The first-order valence-electron chi connectivity index (χ1n) is 6.72. The second-order valence-electron chi connectivity index (χ2n) is 6.20. The summed E-state index contributed by atoms with van der Waals surface area (Å²) in [4.78, 5) is 11.9. The Kier molecular flexibility index (Phi) is 3.81. The summed E-state index contributed by atoms with van der Waals surface area (Å²) in [7, 11) is 0. The predicted octanol–water partition coefficient (Wildman–Crippen LogP) is 2.40. The number of benzene rings is 1. The van der Waals surface area contributed by atoms with Crippen LogP contribution in [0.25, 0.3) is 10.9 Å². The van der Waals surface area contributed by atoms with Crippen molar-refractivity contribution in [2.75, 3.05) is 0 Å². The number of ether oxygens (including phenoxy) is 1. The third-order valence-electron chi connectivity index (χ3n) is 2.95. The lowest BCUT2D eigenvalue weighted by atomic mass is 9.97. The van der Waals surface area contributed by atoms with Crippen LogP contribution in [-0.4, -0.2) is 22.2 Å². The summed E-state index contributed by atoms with van der Waals surface area (Å²) in [6.45, 7) is 7.42. The van der Waals surface area contributed by atoms with Crippen molar-refractivity contribution in [1.29, 1.82) is 0 Å². The summed E-state index contributed by atoms with van der Waals surface area (Å²) in [5.41, 5.74) is 7.06. The topological polar surface area (TPSA) is 81.0 Å². The molecule has 2 aromatic rings. The van der Waals surface area contributed by atoms with E-state index in [1.54, 1.807) is 12.1 Å². The maximum Gasteiger partial charge on any atom is 0.316 e. The Morgan fingerprint density at radius 1 is 1.45 bits per heavy atom. The number of esters is 1. The molecule has 0 saturated carbocycles. The Morgan fingerprint density at radius 2 is 2.15 bits per heavy atom. The third kappa shape index (κ3) is 3.17. The van der Waals surface area contributed by atoms with E-state index >= 15 is 0 Å². The second kappa shape index (κ2) is 5.25. The summed E-state index contributed by atoms with van der Waals surface area (Å²) < 4.78 is 5.36. The van der Waals surface area contributed by atoms with E-state index in [1.165, 1.54) is 0 Å². The van der Waals surface area contributed by atoms with Gasteiger partial charge in [0.15, 0.2) is 0 Å². The molecular weight excluding hydrogens is 254 g/mol. The Hall–Kier alpha value is -1.88. The number of rotatable bonds is 3. The summed E-state index contributed by atoms with van der Waals surface area (Å²) in [6, 6.07) is 5.52. The number of nitrogens with two attached hydrogens (primary N) is 1. The number of H-pyrrole nitrogens is 1. The number of hydrogen-bond acceptors (Lipinski definition) is 4. The summed E-state index contributed by atoms with van der Waals surface area (Å²) in [6.07, 6.45) is 0.734. The maximum atomic E-state index is 11.9. The fourth-order valence-electron chi connectivity index (χ4n) is 1.85. The van der Waals surface area contributed by atoms with E-state index in [2.05, 4.69) is 10.2 Å².